The van der Waals surface area contributed by atoms with E-state index in [9.17, 15) is 10.1 Å². The normalized spacial score (nSPS) is 19.4. The molecule has 1 aliphatic carbocycles. The molecule has 0 radical (unpaired) electrons. The molecule has 0 amide bonds. The van der Waals surface area contributed by atoms with Gasteiger partial charge in [-0.2, -0.15) is 5.26 Å². The number of carbonyl (C=O) groups is 1. The van der Waals surface area contributed by atoms with E-state index in [1.807, 2.05) is 52.8 Å². The van der Waals surface area contributed by atoms with Gasteiger partial charge in [-0.1, -0.05) is 43.1 Å². The van der Waals surface area contributed by atoms with Gasteiger partial charge in [-0.25, -0.2) is 0 Å². The van der Waals surface area contributed by atoms with Crippen molar-refractivity contribution in [2.24, 2.45) is 11.1 Å². The zero-order valence-corrected chi connectivity index (χ0v) is 21.0. The first-order chi connectivity index (χ1) is 16.0. The van der Waals surface area contributed by atoms with Crippen molar-refractivity contribution in [2.75, 3.05) is 0 Å². The monoisotopic (exact) mass is 476 g/mol. The molecule has 0 fully saturated rings. The molecule has 2 N–H and O–H groups in total. The maximum absolute atomic E-state index is 13.3. The standard InChI is InChI=1S/C28H29ClN2O3/c1-15-8-18(14-33-23-7-6-19(29)10-16(23)2)17(3)20(9-15)25-21(13-30)27(31)34-24-12-28(4,5)11-22(32)26(24)25/h6-10,25H,11-12,14,31H2,1-5H3/t25-/m1/s1. The number of nitrogens with two attached hydrogens (primary N) is 1. The van der Waals surface area contributed by atoms with Gasteiger partial charge in [0.25, 0.3) is 0 Å². The van der Waals surface area contributed by atoms with Crippen LogP contribution in [0.1, 0.15) is 60.4 Å². The van der Waals surface area contributed by atoms with Crippen molar-refractivity contribution in [3.8, 4) is 11.8 Å². The van der Waals surface area contributed by atoms with Crippen LogP contribution in [0.25, 0.3) is 0 Å². The van der Waals surface area contributed by atoms with E-state index in [0.717, 1.165) is 33.6 Å². The number of hydrogen-bond donors (Lipinski definition) is 1. The molecule has 4 rings (SSSR count). The first-order valence-corrected chi connectivity index (χ1v) is 11.7. The number of allylic oxidation sites excluding steroid dienone is 3. The lowest BCUT2D eigenvalue weighted by Crippen LogP contribution is -2.33. The largest absolute Gasteiger partial charge is 0.489 e. The van der Waals surface area contributed by atoms with Gasteiger partial charge in [0.15, 0.2) is 5.78 Å². The molecule has 0 spiro atoms. The van der Waals surface area contributed by atoms with Crippen molar-refractivity contribution in [2.45, 2.75) is 60.0 Å². The summed E-state index contributed by atoms with van der Waals surface area (Å²) < 4.78 is 12.0. The van der Waals surface area contributed by atoms with E-state index >= 15 is 0 Å². The molecule has 0 aromatic heterocycles. The second kappa shape index (κ2) is 8.85. The van der Waals surface area contributed by atoms with Crippen LogP contribution in [0.3, 0.4) is 0 Å². The molecular weight excluding hydrogens is 448 g/mol. The van der Waals surface area contributed by atoms with Gasteiger partial charge >= 0.3 is 0 Å². The summed E-state index contributed by atoms with van der Waals surface area (Å²) in [5.74, 6) is 0.875. The molecule has 2 aromatic rings. The first kappa shape index (κ1) is 23.9. The predicted octanol–water partition coefficient (Wildman–Crippen LogP) is 6.30. The van der Waals surface area contributed by atoms with Gasteiger partial charge < -0.3 is 15.2 Å². The van der Waals surface area contributed by atoms with Crippen molar-refractivity contribution in [1.29, 1.82) is 5.26 Å². The second-order valence-electron chi connectivity index (χ2n) is 10.0. The molecule has 0 unspecified atom stereocenters. The van der Waals surface area contributed by atoms with Gasteiger partial charge in [0.05, 0.1) is 5.92 Å². The van der Waals surface area contributed by atoms with Crippen LogP contribution in [0, 0.1) is 37.5 Å². The SMILES string of the molecule is Cc1cc(COc2ccc(Cl)cc2C)c(C)c([C@@H]2C(C#N)=C(N)OC3=C2C(=O)CC(C)(C)C3)c1. The van der Waals surface area contributed by atoms with E-state index in [1.54, 1.807) is 6.07 Å². The van der Waals surface area contributed by atoms with Crippen LogP contribution in [0.5, 0.6) is 5.75 Å². The summed E-state index contributed by atoms with van der Waals surface area (Å²) in [4.78, 5) is 13.3. The summed E-state index contributed by atoms with van der Waals surface area (Å²) in [6.45, 7) is 10.4. The molecule has 0 bridgehead atoms. The number of benzene rings is 2. The molecule has 1 heterocycles. The predicted molar refractivity (Wildman–Crippen MR) is 132 cm³/mol. The van der Waals surface area contributed by atoms with Crippen molar-refractivity contribution in [3.05, 3.63) is 86.0 Å². The Labute approximate surface area is 205 Å². The van der Waals surface area contributed by atoms with Gasteiger partial charge in [-0.3, -0.25) is 4.79 Å². The minimum absolute atomic E-state index is 0.00648. The van der Waals surface area contributed by atoms with Gasteiger partial charge in [-0.05, 0) is 66.6 Å². The number of carbonyl (C=O) groups excluding carboxylic acids is 1. The second-order valence-corrected chi connectivity index (χ2v) is 10.5. The highest BCUT2D eigenvalue weighted by molar-refractivity contribution is 6.30. The van der Waals surface area contributed by atoms with Crippen LogP contribution in [0.15, 0.2) is 53.1 Å². The highest BCUT2D eigenvalue weighted by Crippen LogP contribution is 2.48. The molecule has 1 atom stereocenters. The molecule has 176 valence electrons. The van der Waals surface area contributed by atoms with Crippen molar-refractivity contribution >= 4 is 17.4 Å². The molecule has 0 saturated heterocycles. The molecule has 5 nitrogen and oxygen atoms in total. The van der Waals surface area contributed by atoms with Crippen LogP contribution in [0.4, 0.5) is 0 Å². The number of hydrogen-bond acceptors (Lipinski definition) is 5. The number of halogens is 1. The quantitative estimate of drug-likeness (QED) is 0.560. The number of nitrogens with zero attached hydrogens (tertiary/aromatic N) is 1. The Balaban J connectivity index is 1.78. The molecule has 2 aromatic carbocycles. The van der Waals surface area contributed by atoms with Gasteiger partial charge in [0.2, 0.25) is 5.88 Å². The number of aryl methyl sites for hydroxylation is 2. The third-order valence-electron chi connectivity index (χ3n) is 6.61. The van der Waals surface area contributed by atoms with Gasteiger partial charge in [-0.15, -0.1) is 0 Å². The first-order valence-electron chi connectivity index (χ1n) is 11.3. The summed E-state index contributed by atoms with van der Waals surface area (Å²) in [6, 6.07) is 11.8. The molecule has 1 aliphatic heterocycles. The Hall–Kier alpha value is -3.23. The topological polar surface area (TPSA) is 85.3 Å². The number of ether oxygens (including phenoxy) is 2. The van der Waals surface area contributed by atoms with Crippen molar-refractivity contribution < 1.29 is 14.3 Å². The highest BCUT2D eigenvalue weighted by atomic mass is 35.5. The minimum atomic E-state index is -0.548. The molecule has 34 heavy (non-hydrogen) atoms. The third kappa shape index (κ3) is 4.43. The lowest BCUT2D eigenvalue weighted by atomic mass is 9.69. The van der Waals surface area contributed by atoms with E-state index in [1.165, 1.54) is 0 Å². The Kier molecular flexibility index (Phi) is 6.22. The van der Waals surface area contributed by atoms with E-state index in [2.05, 4.69) is 12.1 Å². The van der Waals surface area contributed by atoms with Crippen LogP contribution in [-0.4, -0.2) is 5.78 Å². The summed E-state index contributed by atoms with van der Waals surface area (Å²) in [6.07, 6.45) is 1.00. The van der Waals surface area contributed by atoms with Crippen LogP contribution in [0.2, 0.25) is 5.02 Å². The summed E-state index contributed by atoms with van der Waals surface area (Å²) in [7, 11) is 0. The zero-order valence-electron chi connectivity index (χ0n) is 20.2. The van der Waals surface area contributed by atoms with E-state index in [0.29, 0.717) is 35.8 Å². The van der Waals surface area contributed by atoms with E-state index in [4.69, 9.17) is 26.8 Å². The Morgan fingerprint density at radius 1 is 1.21 bits per heavy atom. The third-order valence-corrected chi connectivity index (χ3v) is 6.84. The fourth-order valence-corrected chi connectivity index (χ4v) is 5.17. The van der Waals surface area contributed by atoms with E-state index in [-0.39, 0.29) is 22.7 Å². The van der Waals surface area contributed by atoms with Crippen LogP contribution >= 0.6 is 11.6 Å². The average molecular weight is 477 g/mol. The Morgan fingerprint density at radius 2 is 1.94 bits per heavy atom. The zero-order chi connectivity index (χ0) is 24.8. The Bertz CT molecular complexity index is 1300. The summed E-state index contributed by atoms with van der Waals surface area (Å²) >= 11 is 6.07. The van der Waals surface area contributed by atoms with E-state index < -0.39 is 5.92 Å². The maximum atomic E-state index is 13.3. The molecular formula is C28H29ClN2O3. The van der Waals surface area contributed by atoms with Gasteiger partial charge in [0.1, 0.15) is 29.8 Å². The van der Waals surface area contributed by atoms with Crippen LogP contribution in [-0.2, 0) is 16.1 Å². The lowest BCUT2D eigenvalue weighted by Gasteiger charge is -2.37. The fourth-order valence-electron chi connectivity index (χ4n) is 4.94. The minimum Gasteiger partial charge on any atom is -0.489 e. The van der Waals surface area contributed by atoms with Gasteiger partial charge in [0, 0.05) is 23.4 Å². The number of ketones is 1. The number of rotatable bonds is 4. The fraction of sp³-hybridized carbons (Fsp3) is 0.357. The lowest BCUT2D eigenvalue weighted by molar-refractivity contribution is -0.119. The Morgan fingerprint density at radius 3 is 2.62 bits per heavy atom. The molecule has 0 saturated carbocycles. The number of Topliss-reactive ketones (excluding diaryl/α,β-unsaturated/α-hetero) is 1. The summed E-state index contributed by atoms with van der Waals surface area (Å²) in [5, 5.41) is 10.6. The highest BCUT2D eigenvalue weighted by Gasteiger charge is 2.43. The smallest absolute Gasteiger partial charge is 0.205 e. The number of nitriles is 1. The molecule has 6 heteroatoms. The van der Waals surface area contributed by atoms with Crippen molar-refractivity contribution in [3.63, 3.8) is 0 Å². The molecule has 2 aliphatic rings. The maximum Gasteiger partial charge on any atom is 0.205 e. The van der Waals surface area contributed by atoms with Crippen molar-refractivity contribution in [1.82, 2.24) is 0 Å². The van der Waals surface area contributed by atoms with Crippen LogP contribution < -0.4 is 10.5 Å². The summed E-state index contributed by atoms with van der Waals surface area (Å²) in [5.41, 5.74) is 11.6. The average Bonchev–Trinajstić information content (AvgIpc) is 2.73.